The first kappa shape index (κ1) is 19.8. The van der Waals surface area contributed by atoms with E-state index in [1.54, 1.807) is 4.90 Å². The lowest BCUT2D eigenvalue weighted by molar-refractivity contribution is -0.124. The molecule has 2 aliphatic heterocycles. The average molecular weight is 373 g/mol. The molecule has 0 aliphatic carbocycles. The predicted octanol–water partition coefficient (Wildman–Crippen LogP) is 1.86. The maximum atomic E-state index is 13.2. The van der Waals surface area contributed by atoms with E-state index in [1.165, 1.54) is 0 Å². The number of hydrogen-bond donors (Lipinski definition) is 1. The molecule has 0 unspecified atom stereocenters. The van der Waals surface area contributed by atoms with Gasteiger partial charge in [-0.1, -0.05) is 0 Å². The third-order valence-electron chi connectivity index (χ3n) is 6.23. The molecule has 1 spiro atoms. The Balaban J connectivity index is 1.90. The van der Waals surface area contributed by atoms with Gasteiger partial charge in [0, 0.05) is 44.5 Å². The summed E-state index contributed by atoms with van der Waals surface area (Å²) < 4.78 is 0. The molecule has 0 bridgehead atoms. The van der Waals surface area contributed by atoms with E-state index in [4.69, 9.17) is 5.11 Å². The van der Waals surface area contributed by atoms with Crippen molar-refractivity contribution in [1.29, 1.82) is 0 Å². The summed E-state index contributed by atoms with van der Waals surface area (Å²) in [4.78, 5) is 31.8. The van der Waals surface area contributed by atoms with Gasteiger partial charge in [0.05, 0.1) is 5.41 Å². The molecule has 2 amide bonds. The summed E-state index contributed by atoms with van der Waals surface area (Å²) in [5, 5.41) is 9.05. The Labute approximate surface area is 161 Å². The van der Waals surface area contributed by atoms with Crippen molar-refractivity contribution in [3.8, 4) is 0 Å². The summed E-state index contributed by atoms with van der Waals surface area (Å²) in [5.74, 6) is 0.173. The van der Waals surface area contributed by atoms with Crippen LogP contribution in [0.25, 0.3) is 0 Å². The quantitative estimate of drug-likeness (QED) is 0.827. The largest absolute Gasteiger partial charge is 0.396 e. The van der Waals surface area contributed by atoms with Crippen LogP contribution in [0.2, 0.25) is 0 Å². The molecule has 1 aromatic rings. The van der Waals surface area contributed by atoms with E-state index in [2.05, 4.69) is 4.90 Å². The van der Waals surface area contributed by atoms with Crippen molar-refractivity contribution in [3.63, 3.8) is 0 Å². The smallest absolute Gasteiger partial charge is 0.253 e. The van der Waals surface area contributed by atoms with E-state index in [0.717, 1.165) is 50.1 Å². The van der Waals surface area contributed by atoms with E-state index in [0.29, 0.717) is 18.7 Å². The second-order valence-electron chi connectivity index (χ2n) is 7.57. The number of carbonyl (C=O) groups excluding carboxylic acids is 2. The molecular formula is C21H31N3O3. The zero-order valence-corrected chi connectivity index (χ0v) is 16.7. The van der Waals surface area contributed by atoms with Gasteiger partial charge in [-0.15, -0.1) is 0 Å². The highest BCUT2D eigenvalue weighted by atomic mass is 16.3. The zero-order valence-electron chi connectivity index (χ0n) is 16.7. The Kier molecular flexibility index (Phi) is 5.86. The topological polar surface area (TPSA) is 64.1 Å². The Morgan fingerprint density at radius 3 is 2.48 bits per heavy atom. The molecule has 1 N–H and O–H groups in total. The van der Waals surface area contributed by atoms with Crippen LogP contribution in [0, 0.1) is 0 Å². The summed E-state index contributed by atoms with van der Waals surface area (Å²) in [6, 6.07) is 5.73. The Bertz CT molecular complexity index is 707. The SMILES string of the molecule is CCN(CC)C(=O)c1ccc2c(c1)C1(CCN(CCCO)CC1)C(=O)N2C. The number of anilines is 1. The van der Waals surface area contributed by atoms with E-state index >= 15 is 0 Å². The Morgan fingerprint density at radius 2 is 1.89 bits per heavy atom. The number of likely N-dealkylation sites (tertiary alicyclic amines) is 1. The van der Waals surface area contributed by atoms with Crippen molar-refractivity contribution >= 4 is 17.5 Å². The highest BCUT2D eigenvalue weighted by molar-refractivity contribution is 6.09. The van der Waals surface area contributed by atoms with Crippen LogP contribution in [0.5, 0.6) is 0 Å². The van der Waals surface area contributed by atoms with Crippen molar-refractivity contribution in [3.05, 3.63) is 29.3 Å². The average Bonchev–Trinajstić information content (AvgIpc) is 2.90. The first-order valence-corrected chi connectivity index (χ1v) is 10.0. The summed E-state index contributed by atoms with van der Waals surface area (Å²) in [6.45, 7) is 8.06. The van der Waals surface area contributed by atoms with Crippen LogP contribution in [0.1, 0.15) is 49.0 Å². The minimum Gasteiger partial charge on any atom is -0.396 e. The van der Waals surface area contributed by atoms with Crippen molar-refractivity contribution < 1.29 is 14.7 Å². The molecule has 6 heteroatoms. The third kappa shape index (κ3) is 3.36. The van der Waals surface area contributed by atoms with Crippen molar-refractivity contribution in [2.75, 3.05) is 51.3 Å². The van der Waals surface area contributed by atoms with Crippen LogP contribution in [-0.2, 0) is 10.2 Å². The number of carbonyl (C=O) groups is 2. The summed E-state index contributed by atoms with van der Waals surface area (Å²) in [7, 11) is 1.83. The molecule has 0 atom stereocenters. The van der Waals surface area contributed by atoms with Gasteiger partial charge in [-0.05, 0) is 70.0 Å². The first-order chi connectivity index (χ1) is 13.0. The first-order valence-electron chi connectivity index (χ1n) is 10.0. The fourth-order valence-electron chi connectivity index (χ4n) is 4.52. The van der Waals surface area contributed by atoms with Gasteiger partial charge in [-0.2, -0.15) is 0 Å². The number of aliphatic hydroxyl groups is 1. The molecule has 6 nitrogen and oxygen atoms in total. The fourth-order valence-corrected chi connectivity index (χ4v) is 4.52. The van der Waals surface area contributed by atoms with Gasteiger partial charge >= 0.3 is 0 Å². The number of fused-ring (bicyclic) bond motifs is 2. The van der Waals surface area contributed by atoms with Crippen molar-refractivity contribution in [2.45, 2.75) is 38.5 Å². The molecule has 2 heterocycles. The number of rotatable bonds is 6. The molecule has 2 aliphatic rings. The molecule has 0 radical (unpaired) electrons. The molecule has 148 valence electrons. The van der Waals surface area contributed by atoms with Crippen LogP contribution >= 0.6 is 0 Å². The standard InChI is InChI=1S/C21H31N3O3/c1-4-24(5-2)19(26)16-7-8-18-17(15-16)21(20(27)22(18)3)9-12-23(13-10-21)11-6-14-25/h7-8,15,25H,4-6,9-14H2,1-3H3. The molecular weight excluding hydrogens is 342 g/mol. The number of benzene rings is 1. The molecule has 27 heavy (non-hydrogen) atoms. The highest BCUT2D eigenvalue weighted by Gasteiger charge is 2.51. The van der Waals surface area contributed by atoms with E-state index in [9.17, 15) is 9.59 Å². The maximum Gasteiger partial charge on any atom is 0.253 e. The number of likely N-dealkylation sites (N-methyl/N-ethyl adjacent to an activating group) is 1. The van der Waals surface area contributed by atoms with Crippen LogP contribution in [0.3, 0.4) is 0 Å². The number of piperidine rings is 1. The lowest BCUT2D eigenvalue weighted by Gasteiger charge is -2.38. The molecule has 1 saturated heterocycles. The normalized spacial score (nSPS) is 18.8. The second kappa shape index (κ2) is 7.98. The Hall–Kier alpha value is -1.92. The van der Waals surface area contributed by atoms with E-state index in [-0.39, 0.29) is 18.4 Å². The molecule has 0 aromatic heterocycles. The van der Waals surface area contributed by atoms with Gasteiger partial charge < -0.3 is 19.8 Å². The minimum absolute atomic E-state index is 0.0281. The van der Waals surface area contributed by atoms with Crippen LogP contribution in [0.15, 0.2) is 18.2 Å². The number of nitrogens with zero attached hydrogens (tertiary/aromatic N) is 3. The predicted molar refractivity (Wildman–Crippen MR) is 106 cm³/mol. The van der Waals surface area contributed by atoms with Crippen molar-refractivity contribution in [1.82, 2.24) is 9.80 Å². The lowest BCUT2D eigenvalue weighted by atomic mass is 9.73. The van der Waals surface area contributed by atoms with Crippen LogP contribution in [0.4, 0.5) is 5.69 Å². The van der Waals surface area contributed by atoms with Gasteiger partial charge in [0.15, 0.2) is 0 Å². The number of amides is 2. The van der Waals surface area contributed by atoms with E-state index < -0.39 is 5.41 Å². The summed E-state index contributed by atoms with van der Waals surface area (Å²) in [6.07, 6.45) is 2.29. The summed E-state index contributed by atoms with van der Waals surface area (Å²) in [5.41, 5.74) is 2.09. The monoisotopic (exact) mass is 373 g/mol. The zero-order chi connectivity index (χ0) is 19.6. The van der Waals surface area contributed by atoms with Gasteiger partial charge in [-0.3, -0.25) is 9.59 Å². The molecule has 1 aromatic carbocycles. The highest BCUT2D eigenvalue weighted by Crippen LogP contribution is 2.47. The minimum atomic E-state index is -0.515. The fraction of sp³-hybridized carbons (Fsp3) is 0.619. The summed E-state index contributed by atoms with van der Waals surface area (Å²) >= 11 is 0. The third-order valence-corrected chi connectivity index (χ3v) is 6.23. The maximum absolute atomic E-state index is 13.2. The Morgan fingerprint density at radius 1 is 1.22 bits per heavy atom. The lowest BCUT2D eigenvalue weighted by Crippen LogP contribution is -2.48. The van der Waals surface area contributed by atoms with Gasteiger partial charge in [0.2, 0.25) is 5.91 Å². The second-order valence-corrected chi connectivity index (χ2v) is 7.57. The van der Waals surface area contributed by atoms with Crippen LogP contribution < -0.4 is 4.90 Å². The van der Waals surface area contributed by atoms with Gasteiger partial charge in [-0.25, -0.2) is 0 Å². The number of aliphatic hydroxyl groups excluding tert-OH is 1. The van der Waals surface area contributed by atoms with Gasteiger partial charge in [0.25, 0.3) is 5.91 Å². The number of hydrogen-bond acceptors (Lipinski definition) is 4. The molecule has 3 rings (SSSR count). The van der Waals surface area contributed by atoms with Crippen molar-refractivity contribution in [2.24, 2.45) is 0 Å². The molecule has 0 saturated carbocycles. The van der Waals surface area contributed by atoms with Crippen LogP contribution in [-0.4, -0.2) is 73.1 Å². The van der Waals surface area contributed by atoms with Gasteiger partial charge in [0.1, 0.15) is 0 Å². The van der Waals surface area contributed by atoms with E-state index in [1.807, 2.05) is 44.0 Å². The molecule has 1 fully saturated rings.